The van der Waals surface area contributed by atoms with Gasteiger partial charge in [-0.1, -0.05) is 18.2 Å². The van der Waals surface area contributed by atoms with Crippen LogP contribution >= 0.6 is 0 Å². The molecule has 0 aliphatic rings. The predicted octanol–water partition coefficient (Wildman–Crippen LogP) is 2.25. The number of benzene rings is 2. The maximum absolute atomic E-state index is 13.4. The minimum Gasteiger partial charge on any atom is -0.347 e. The molecule has 3 rings (SSSR count). The Morgan fingerprint density at radius 3 is 2.57 bits per heavy atom. The molecule has 0 saturated carbocycles. The van der Waals surface area contributed by atoms with Gasteiger partial charge in [-0.2, -0.15) is 5.10 Å². The molecule has 0 aliphatic heterocycles. The van der Waals surface area contributed by atoms with Crippen LogP contribution < -0.4 is 21.5 Å². The minimum atomic E-state index is -0.384. The van der Waals surface area contributed by atoms with Crippen molar-refractivity contribution in [2.45, 2.75) is 13.5 Å². The third-order valence-electron chi connectivity index (χ3n) is 4.00. The highest BCUT2D eigenvalue weighted by molar-refractivity contribution is 5.94. The average Bonchev–Trinajstić information content (AvgIpc) is 2.69. The molecule has 1 heterocycles. The molecule has 0 aliphatic carbocycles. The van der Waals surface area contributed by atoms with E-state index < -0.39 is 0 Å². The van der Waals surface area contributed by atoms with Gasteiger partial charge in [-0.05, 0) is 42.0 Å². The van der Waals surface area contributed by atoms with Gasteiger partial charge in [-0.15, -0.1) is 0 Å². The van der Waals surface area contributed by atoms with Crippen LogP contribution in [0.5, 0.6) is 0 Å². The van der Waals surface area contributed by atoms with Gasteiger partial charge in [0.1, 0.15) is 5.82 Å². The molecule has 0 atom stereocenters. The van der Waals surface area contributed by atoms with Crippen LogP contribution in [-0.4, -0.2) is 28.1 Å². The number of hydrogen-bond acceptors (Lipinski definition) is 5. The third-order valence-corrected chi connectivity index (χ3v) is 4.00. The molecule has 0 unspecified atom stereocenters. The average molecular weight is 409 g/mol. The van der Waals surface area contributed by atoms with Crippen LogP contribution in [0.1, 0.15) is 12.5 Å². The lowest BCUT2D eigenvalue weighted by atomic mass is 10.2. The van der Waals surface area contributed by atoms with Gasteiger partial charge in [0.15, 0.2) is 5.82 Å². The molecule has 2 aromatic carbocycles. The van der Waals surface area contributed by atoms with Gasteiger partial charge in [0.05, 0.1) is 13.1 Å². The Bertz CT molecular complexity index is 1130. The number of nitrogens with one attached hydrogen (secondary N) is 3. The van der Waals surface area contributed by atoms with Crippen LogP contribution in [0, 0.1) is 5.82 Å². The number of nitrogens with zero attached hydrogens (tertiary/aromatic N) is 2. The van der Waals surface area contributed by atoms with E-state index >= 15 is 0 Å². The zero-order valence-corrected chi connectivity index (χ0v) is 16.2. The smallest absolute Gasteiger partial charge is 0.267 e. The molecule has 9 heteroatoms. The van der Waals surface area contributed by atoms with Gasteiger partial charge < -0.3 is 16.0 Å². The molecule has 0 spiro atoms. The Kier molecular flexibility index (Phi) is 6.53. The van der Waals surface area contributed by atoms with Crippen LogP contribution in [-0.2, 0) is 16.1 Å². The fourth-order valence-corrected chi connectivity index (χ4v) is 2.67. The van der Waals surface area contributed by atoms with Crippen molar-refractivity contribution in [3.63, 3.8) is 0 Å². The van der Waals surface area contributed by atoms with Gasteiger partial charge >= 0.3 is 0 Å². The van der Waals surface area contributed by atoms with Crippen LogP contribution in [0.2, 0.25) is 0 Å². The molecule has 2 amide bonds. The number of amides is 2. The van der Waals surface area contributed by atoms with Crippen molar-refractivity contribution in [2.75, 3.05) is 17.2 Å². The highest BCUT2D eigenvalue weighted by Crippen LogP contribution is 2.15. The molecule has 1 aromatic heterocycles. The van der Waals surface area contributed by atoms with Crippen LogP contribution in [0.25, 0.3) is 0 Å². The maximum Gasteiger partial charge on any atom is 0.267 e. The fourth-order valence-electron chi connectivity index (χ4n) is 2.67. The number of hydrogen-bond donors (Lipinski definition) is 3. The molecule has 0 bridgehead atoms. The van der Waals surface area contributed by atoms with E-state index in [-0.39, 0.29) is 36.3 Å². The van der Waals surface area contributed by atoms with E-state index in [1.54, 1.807) is 36.4 Å². The monoisotopic (exact) mass is 409 g/mol. The number of carbonyl (C=O) groups is 2. The van der Waals surface area contributed by atoms with E-state index in [4.69, 9.17) is 0 Å². The SMILES string of the molecule is CC(=O)NCC(=O)Nc1cccc(Cn2nc(Nc3cccc(F)c3)ccc2=O)c1. The van der Waals surface area contributed by atoms with Gasteiger partial charge in [-0.25, -0.2) is 9.07 Å². The lowest BCUT2D eigenvalue weighted by Gasteiger charge is -2.11. The number of rotatable bonds is 7. The van der Waals surface area contributed by atoms with Crippen molar-refractivity contribution in [1.82, 2.24) is 15.1 Å². The summed E-state index contributed by atoms with van der Waals surface area (Å²) < 4.78 is 14.6. The topological polar surface area (TPSA) is 105 Å². The van der Waals surface area contributed by atoms with Crippen LogP contribution in [0.15, 0.2) is 65.5 Å². The second kappa shape index (κ2) is 9.46. The Morgan fingerprint density at radius 1 is 1.03 bits per heavy atom. The summed E-state index contributed by atoms with van der Waals surface area (Å²) in [5.74, 6) is -0.652. The van der Waals surface area contributed by atoms with E-state index in [0.717, 1.165) is 5.56 Å². The molecule has 0 radical (unpaired) electrons. The minimum absolute atomic E-state index is 0.131. The lowest BCUT2D eigenvalue weighted by molar-refractivity contribution is -0.122. The molecular formula is C21H20FN5O3. The van der Waals surface area contributed by atoms with E-state index in [2.05, 4.69) is 21.0 Å². The third kappa shape index (κ3) is 5.99. The highest BCUT2D eigenvalue weighted by atomic mass is 19.1. The summed E-state index contributed by atoms with van der Waals surface area (Å²) in [7, 11) is 0. The standard InChI is InChI=1S/C21H20FN5O3/c1-14(28)23-12-20(29)25-17-6-2-4-15(10-17)13-27-21(30)9-8-19(26-27)24-18-7-3-5-16(22)11-18/h2-11H,12-13H2,1H3,(H,23,28)(H,24,26)(H,25,29). The highest BCUT2D eigenvalue weighted by Gasteiger charge is 2.06. The molecule has 0 fully saturated rings. The summed E-state index contributed by atoms with van der Waals surface area (Å²) in [6.07, 6.45) is 0. The Morgan fingerprint density at radius 2 is 1.80 bits per heavy atom. The molecule has 30 heavy (non-hydrogen) atoms. The van der Waals surface area contributed by atoms with Crippen molar-refractivity contribution in [1.29, 1.82) is 0 Å². The van der Waals surface area contributed by atoms with Crippen molar-refractivity contribution in [2.24, 2.45) is 0 Å². The quantitative estimate of drug-likeness (QED) is 0.555. The maximum atomic E-state index is 13.4. The zero-order valence-electron chi connectivity index (χ0n) is 16.2. The number of aromatic nitrogens is 2. The molecule has 3 aromatic rings. The predicted molar refractivity (Wildman–Crippen MR) is 111 cm³/mol. The summed E-state index contributed by atoms with van der Waals surface area (Å²) in [6, 6.07) is 15.8. The first-order chi connectivity index (χ1) is 14.4. The van der Waals surface area contributed by atoms with Crippen LogP contribution in [0.3, 0.4) is 0 Å². The summed E-state index contributed by atoms with van der Waals surface area (Å²) in [6.45, 7) is 1.37. The van der Waals surface area contributed by atoms with Crippen molar-refractivity contribution in [3.05, 3.63) is 82.4 Å². The largest absolute Gasteiger partial charge is 0.347 e. The van der Waals surface area contributed by atoms with Gasteiger partial charge in [0.2, 0.25) is 11.8 Å². The van der Waals surface area contributed by atoms with Crippen molar-refractivity contribution in [3.8, 4) is 0 Å². The second-order valence-electron chi connectivity index (χ2n) is 6.51. The summed E-state index contributed by atoms with van der Waals surface area (Å²) in [5, 5.41) is 12.3. The number of carbonyl (C=O) groups excluding carboxylic acids is 2. The molecule has 8 nitrogen and oxygen atoms in total. The first-order valence-corrected chi connectivity index (χ1v) is 9.13. The van der Waals surface area contributed by atoms with Gasteiger partial charge in [0.25, 0.3) is 5.56 Å². The molecule has 0 saturated heterocycles. The zero-order chi connectivity index (χ0) is 21.5. The fraction of sp³-hybridized carbons (Fsp3) is 0.143. The van der Waals surface area contributed by atoms with E-state index in [0.29, 0.717) is 17.2 Å². The van der Waals surface area contributed by atoms with Crippen molar-refractivity contribution < 1.29 is 14.0 Å². The molecule has 3 N–H and O–H groups in total. The first kappa shape index (κ1) is 20.7. The van der Waals surface area contributed by atoms with Gasteiger partial charge in [0, 0.05) is 24.4 Å². The lowest BCUT2D eigenvalue weighted by Crippen LogP contribution is -2.31. The molecule has 154 valence electrons. The van der Waals surface area contributed by atoms with Crippen molar-refractivity contribution >= 4 is 29.0 Å². The number of halogens is 1. The molecular weight excluding hydrogens is 389 g/mol. The Labute approximate surface area is 171 Å². The Hall–Kier alpha value is -4.01. The van der Waals surface area contributed by atoms with Crippen LogP contribution in [0.4, 0.5) is 21.6 Å². The first-order valence-electron chi connectivity index (χ1n) is 9.13. The van der Waals surface area contributed by atoms with Gasteiger partial charge in [-0.3, -0.25) is 14.4 Å². The second-order valence-corrected chi connectivity index (χ2v) is 6.51. The van der Waals surface area contributed by atoms with E-state index in [9.17, 15) is 18.8 Å². The Balaban J connectivity index is 1.72. The summed E-state index contributed by atoms with van der Waals surface area (Å²) >= 11 is 0. The normalized spacial score (nSPS) is 10.3. The summed E-state index contributed by atoms with van der Waals surface area (Å²) in [4.78, 5) is 34.9. The van der Waals surface area contributed by atoms with E-state index in [1.807, 2.05) is 0 Å². The summed E-state index contributed by atoms with van der Waals surface area (Å²) in [5.41, 5.74) is 1.48. The van der Waals surface area contributed by atoms with E-state index in [1.165, 1.54) is 35.9 Å². The number of anilines is 3.